The summed E-state index contributed by atoms with van der Waals surface area (Å²) < 4.78 is 0. The Kier molecular flexibility index (Phi) is 3.27. The first-order valence-electron chi connectivity index (χ1n) is 6.00. The Balaban J connectivity index is 1.66. The van der Waals surface area contributed by atoms with Crippen LogP contribution in [0.1, 0.15) is 12.8 Å². The summed E-state index contributed by atoms with van der Waals surface area (Å²) >= 11 is 12.0. The summed E-state index contributed by atoms with van der Waals surface area (Å²) in [5.41, 5.74) is 3.52. The molecule has 3 rings (SSSR count). The van der Waals surface area contributed by atoms with Crippen molar-refractivity contribution in [1.29, 1.82) is 0 Å². The van der Waals surface area contributed by atoms with E-state index < -0.39 is 0 Å². The van der Waals surface area contributed by atoms with E-state index in [-0.39, 0.29) is 0 Å². The molecule has 1 aromatic heterocycles. The van der Waals surface area contributed by atoms with Crippen LogP contribution in [0.4, 0.5) is 5.69 Å². The van der Waals surface area contributed by atoms with E-state index in [1.165, 1.54) is 12.8 Å². The summed E-state index contributed by atoms with van der Waals surface area (Å²) in [6.45, 7) is 0. The number of nitrogens with zero attached hydrogens (tertiary/aromatic N) is 2. The van der Waals surface area contributed by atoms with Crippen LogP contribution in [-0.4, -0.2) is 11.2 Å². The molecule has 1 saturated carbocycles. The molecule has 1 N–H and O–H groups in total. The number of nitrogens with one attached hydrogen (secondary N) is 1. The number of halogens is 2. The zero-order valence-corrected chi connectivity index (χ0v) is 11.2. The molecule has 0 aromatic carbocycles. The Morgan fingerprint density at radius 1 is 1.22 bits per heavy atom. The largest absolute Gasteiger partial charge is 0.276 e. The van der Waals surface area contributed by atoms with Crippen molar-refractivity contribution in [2.24, 2.45) is 22.9 Å². The van der Waals surface area contributed by atoms with Crippen molar-refractivity contribution in [1.82, 2.24) is 4.98 Å². The van der Waals surface area contributed by atoms with Crippen LogP contribution in [0.15, 0.2) is 29.6 Å². The van der Waals surface area contributed by atoms with Gasteiger partial charge in [-0.3, -0.25) is 10.4 Å². The highest BCUT2D eigenvalue weighted by molar-refractivity contribution is 6.38. The lowest BCUT2D eigenvalue weighted by atomic mass is 9.95. The van der Waals surface area contributed by atoms with Crippen LogP contribution >= 0.6 is 23.2 Å². The first-order valence-corrected chi connectivity index (χ1v) is 6.76. The summed E-state index contributed by atoms with van der Waals surface area (Å²) in [4.78, 5) is 3.90. The maximum atomic E-state index is 5.99. The van der Waals surface area contributed by atoms with Crippen LogP contribution in [0.3, 0.4) is 0 Å². The summed E-state index contributed by atoms with van der Waals surface area (Å²) in [7, 11) is 0. The molecule has 0 spiro atoms. The van der Waals surface area contributed by atoms with Gasteiger partial charge in [0.05, 0.1) is 15.7 Å². The zero-order valence-electron chi connectivity index (χ0n) is 9.68. The van der Waals surface area contributed by atoms with Gasteiger partial charge in [0.15, 0.2) is 0 Å². The molecular formula is C13H13Cl2N3. The molecule has 5 heteroatoms. The van der Waals surface area contributed by atoms with Crippen LogP contribution < -0.4 is 5.43 Å². The Bertz CT molecular complexity index is 493. The summed E-state index contributed by atoms with van der Waals surface area (Å²) in [6.07, 6.45) is 12.2. The van der Waals surface area contributed by atoms with E-state index in [9.17, 15) is 0 Å². The molecule has 3 nitrogen and oxygen atoms in total. The molecule has 0 radical (unpaired) electrons. The molecular weight excluding hydrogens is 269 g/mol. The highest BCUT2D eigenvalue weighted by atomic mass is 35.5. The van der Waals surface area contributed by atoms with Gasteiger partial charge in [-0.15, -0.1) is 0 Å². The Labute approximate surface area is 116 Å². The number of fused-ring (bicyclic) bond motifs is 2. The fourth-order valence-electron chi connectivity index (χ4n) is 2.71. The van der Waals surface area contributed by atoms with Crippen molar-refractivity contribution in [3.8, 4) is 0 Å². The third-order valence-electron chi connectivity index (χ3n) is 3.63. The standard InChI is InChI=1S/C13H13Cl2N3/c14-11-6-16-7-12(15)13(11)18-17-5-10-4-8-1-2-9(10)3-8/h1-2,5-10H,3-4H2,(H,16,18)/b17-5-/t8-,9-,10+/m1/s1. The average molecular weight is 282 g/mol. The minimum atomic E-state index is 0.479. The fourth-order valence-corrected chi connectivity index (χ4v) is 3.16. The predicted molar refractivity (Wildman–Crippen MR) is 75.2 cm³/mol. The van der Waals surface area contributed by atoms with Crippen molar-refractivity contribution in [2.75, 3.05) is 5.43 Å². The maximum Gasteiger partial charge on any atom is 0.0965 e. The molecule has 2 aliphatic rings. The van der Waals surface area contributed by atoms with Crippen LogP contribution in [-0.2, 0) is 0 Å². The summed E-state index contributed by atoms with van der Waals surface area (Å²) in [6, 6.07) is 0. The van der Waals surface area contributed by atoms with E-state index in [0.717, 1.165) is 5.92 Å². The number of pyridine rings is 1. The lowest BCUT2D eigenvalue weighted by Gasteiger charge is -2.12. The first kappa shape index (κ1) is 12.0. The number of aromatic nitrogens is 1. The van der Waals surface area contributed by atoms with E-state index >= 15 is 0 Å². The number of rotatable bonds is 3. The highest BCUT2D eigenvalue weighted by Crippen LogP contribution is 2.42. The predicted octanol–water partition coefficient (Wildman–Crippen LogP) is 4.00. The van der Waals surface area contributed by atoms with Crippen molar-refractivity contribution in [3.05, 3.63) is 34.6 Å². The Hall–Kier alpha value is -1.06. The van der Waals surface area contributed by atoms with Gasteiger partial charge in [-0.25, -0.2) is 0 Å². The van der Waals surface area contributed by atoms with Gasteiger partial charge in [-0.2, -0.15) is 5.10 Å². The van der Waals surface area contributed by atoms with Gasteiger partial charge in [-0.1, -0.05) is 35.4 Å². The van der Waals surface area contributed by atoms with Gasteiger partial charge in [0.2, 0.25) is 0 Å². The zero-order chi connectivity index (χ0) is 12.5. The van der Waals surface area contributed by atoms with Crippen LogP contribution in [0.25, 0.3) is 0 Å². The molecule has 0 aliphatic heterocycles. The lowest BCUT2D eigenvalue weighted by molar-refractivity contribution is 0.594. The van der Waals surface area contributed by atoms with E-state index in [0.29, 0.717) is 27.6 Å². The number of hydrazone groups is 1. The van der Waals surface area contributed by atoms with Crippen molar-refractivity contribution >= 4 is 35.1 Å². The molecule has 18 heavy (non-hydrogen) atoms. The topological polar surface area (TPSA) is 37.3 Å². The first-order chi connectivity index (χ1) is 8.74. The SMILES string of the molecule is Clc1cncc(Cl)c1N/N=C\[C@@H]1C[C@@H]2C=C[C@@H]1C2. The Morgan fingerprint density at radius 3 is 2.61 bits per heavy atom. The van der Waals surface area contributed by atoms with Crippen LogP contribution in [0.2, 0.25) is 10.0 Å². The van der Waals surface area contributed by atoms with Crippen molar-refractivity contribution < 1.29 is 0 Å². The molecule has 0 amide bonds. The molecule has 0 unspecified atom stereocenters. The number of anilines is 1. The fraction of sp³-hybridized carbons (Fsp3) is 0.385. The van der Waals surface area contributed by atoms with Gasteiger partial charge in [-0.05, 0) is 24.7 Å². The molecule has 2 aliphatic carbocycles. The van der Waals surface area contributed by atoms with E-state index in [2.05, 4.69) is 27.7 Å². The van der Waals surface area contributed by atoms with Gasteiger partial charge in [0.1, 0.15) is 0 Å². The average Bonchev–Trinajstić information content (AvgIpc) is 2.95. The van der Waals surface area contributed by atoms with E-state index in [1.807, 2.05) is 6.21 Å². The lowest BCUT2D eigenvalue weighted by Crippen LogP contribution is -2.09. The minimum absolute atomic E-state index is 0.479. The molecule has 94 valence electrons. The quantitative estimate of drug-likeness (QED) is 0.517. The number of hydrogen-bond donors (Lipinski definition) is 1. The number of allylic oxidation sites excluding steroid dienone is 2. The molecule has 0 saturated heterocycles. The van der Waals surface area contributed by atoms with Gasteiger partial charge in [0.25, 0.3) is 0 Å². The summed E-state index contributed by atoms with van der Waals surface area (Å²) in [5.74, 6) is 1.94. The van der Waals surface area contributed by atoms with E-state index in [4.69, 9.17) is 23.2 Å². The minimum Gasteiger partial charge on any atom is -0.276 e. The normalized spacial score (nSPS) is 29.3. The van der Waals surface area contributed by atoms with Crippen LogP contribution in [0.5, 0.6) is 0 Å². The van der Waals surface area contributed by atoms with Gasteiger partial charge in [0, 0.05) is 24.5 Å². The van der Waals surface area contributed by atoms with Gasteiger partial charge >= 0.3 is 0 Å². The smallest absolute Gasteiger partial charge is 0.0965 e. The van der Waals surface area contributed by atoms with Crippen molar-refractivity contribution in [3.63, 3.8) is 0 Å². The van der Waals surface area contributed by atoms with Crippen molar-refractivity contribution in [2.45, 2.75) is 12.8 Å². The Morgan fingerprint density at radius 2 is 2.00 bits per heavy atom. The summed E-state index contributed by atoms with van der Waals surface area (Å²) in [5, 5.41) is 5.22. The monoisotopic (exact) mass is 281 g/mol. The molecule has 2 bridgehead atoms. The van der Waals surface area contributed by atoms with E-state index in [1.54, 1.807) is 12.4 Å². The number of hydrogen-bond acceptors (Lipinski definition) is 3. The molecule has 1 aromatic rings. The van der Waals surface area contributed by atoms with Crippen LogP contribution in [0, 0.1) is 17.8 Å². The second kappa shape index (κ2) is 4.90. The third kappa shape index (κ3) is 2.25. The molecule has 1 fully saturated rings. The second-order valence-electron chi connectivity index (χ2n) is 4.81. The molecule has 1 heterocycles. The highest BCUT2D eigenvalue weighted by Gasteiger charge is 2.34. The second-order valence-corrected chi connectivity index (χ2v) is 5.63. The third-order valence-corrected chi connectivity index (χ3v) is 4.20. The molecule has 3 atom stereocenters. The van der Waals surface area contributed by atoms with Gasteiger partial charge < -0.3 is 0 Å². The maximum absolute atomic E-state index is 5.99.